The first-order valence-corrected chi connectivity index (χ1v) is 9.06. The van der Waals surface area contributed by atoms with Gasteiger partial charge in [0.25, 0.3) is 0 Å². The fourth-order valence-corrected chi connectivity index (χ4v) is 2.16. The Morgan fingerprint density at radius 3 is 1.20 bits per heavy atom. The van der Waals surface area contributed by atoms with Crippen molar-refractivity contribution < 1.29 is 49.5 Å². The molecule has 0 aliphatic carbocycles. The van der Waals surface area contributed by atoms with Crippen molar-refractivity contribution in [3.63, 3.8) is 0 Å². The third-order valence-electron chi connectivity index (χ3n) is 3.23. The number of carboxylic acids is 4. The van der Waals surface area contributed by atoms with E-state index in [1.807, 2.05) is 13.8 Å². The maximum absolute atomic E-state index is 11.0. The normalized spacial score (nSPS) is 9.97. The lowest BCUT2D eigenvalue weighted by Crippen LogP contribution is -2.45. The van der Waals surface area contributed by atoms with Gasteiger partial charge in [-0.1, -0.05) is 13.8 Å². The molecule has 5 N–H and O–H groups in total. The fourth-order valence-electron chi connectivity index (χ4n) is 2.16. The van der Waals surface area contributed by atoms with Gasteiger partial charge in [-0.15, -0.1) is 0 Å². The van der Waals surface area contributed by atoms with Gasteiger partial charge in [-0.2, -0.15) is 0 Å². The second-order valence-electron chi connectivity index (χ2n) is 5.46. The predicted molar refractivity (Wildman–Crippen MR) is 105 cm³/mol. The van der Waals surface area contributed by atoms with E-state index in [4.69, 9.17) is 25.5 Å². The van der Waals surface area contributed by atoms with Crippen LogP contribution in [0.2, 0.25) is 0 Å². The molecule has 0 radical (unpaired) electrons. The third-order valence-corrected chi connectivity index (χ3v) is 3.23. The number of aliphatic carboxylic acids is 4. The van der Waals surface area contributed by atoms with Crippen molar-refractivity contribution in [1.82, 2.24) is 14.7 Å². The molecule has 30 heavy (non-hydrogen) atoms. The molecule has 13 nitrogen and oxygen atoms in total. The topological polar surface area (TPSA) is 196 Å². The zero-order valence-corrected chi connectivity index (χ0v) is 17.6. The summed E-state index contributed by atoms with van der Waals surface area (Å²) in [6.07, 6.45) is 0.534. The largest absolute Gasteiger partial charge is 0.480 e. The zero-order valence-electron chi connectivity index (χ0n) is 17.6. The van der Waals surface area contributed by atoms with Crippen LogP contribution in [0, 0.1) is 0 Å². The molecule has 0 amide bonds. The molecule has 0 aliphatic rings. The van der Waals surface area contributed by atoms with Gasteiger partial charge in [0.2, 0.25) is 0 Å². The van der Waals surface area contributed by atoms with Crippen LogP contribution in [0.3, 0.4) is 0 Å². The Labute approximate surface area is 175 Å². The minimum Gasteiger partial charge on any atom is -0.480 e. The Bertz CT molecular complexity index is 500. The standard InChI is InChI=1S/C14H23N3O9.C2H6.CH4O/c18-6-5-16(8-12(21)22)2-1-15(7-11(19)20)3-4-17(9-13(23)24)10-14(25)26;2*1-2/h6H,1-5,7-10H2,(H,19,20)(H,21,22)(H,23,24)(H,25,26);1-2H3;2H,1H3. The van der Waals surface area contributed by atoms with Crippen molar-refractivity contribution in [2.45, 2.75) is 13.8 Å². The summed E-state index contributed by atoms with van der Waals surface area (Å²) in [4.78, 5) is 57.7. The smallest absolute Gasteiger partial charge is 0.317 e. The van der Waals surface area contributed by atoms with Crippen molar-refractivity contribution in [2.75, 3.05) is 66.0 Å². The van der Waals surface area contributed by atoms with Crippen LogP contribution in [0.5, 0.6) is 0 Å². The number of rotatable bonds is 16. The van der Waals surface area contributed by atoms with Crippen molar-refractivity contribution in [2.24, 2.45) is 0 Å². The van der Waals surface area contributed by atoms with E-state index in [0.717, 1.165) is 12.0 Å². The lowest BCUT2D eigenvalue weighted by atomic mass is 10.3. The average molecular weight is 439 g/mol. The van der Waals surface area contributed by atoms with Crippen molar-refractivity contribution in [1.29, 1.82) is 0 Å². The SMILES string of the molecule is CC.CO.O=CCN(CCN(CCN(CC(=O)O)CC(=O)O)CC(=O)O)CC(=O)O. The molecule has 0 fully saturated rings. The number of nitrogens with zero attached hydrogens (tertiary/aromatic N) is 3. The third kappa shape index (κ3) is 21.7. The number of hydrogen-bond acceptors (Lipinski definition) is 9. The van der Waals surface area contributed by atoms with Crippen LogP contribution in [-0.4, -0.2) is 136 Å². The number of aliphatic hydroxyl groups excluding tert-OH is 1. The van der Waals surface area contributed by atoms with Gasteiger partial charge in [-0.05, 0) is 0 Å². The van der Waals surface area contributed by atoms with Crippen molar-refractivity contribution in [3.8, 4) is 0 Å². The molecule has 0 rings (SSSR count). The second-order valence-corrected chi connectivity index (χ2v) is 5.46. The molecule has 0 aliphatic heterocycles. The summed E-state index contributed by atoms with van der Waals surface area (Å²) in [5, 5.41) is 42.3. The maximum atomic E-state index is 11.0. The Kier molecular flexibility index (Phi) is 22.6. The molecule has 0 spiro atoms. The summed E-state index contributed by atoms with van der Waals surface area (Å²) in [6, 6.07) is 0. The zero-order chi connectivity index (χ0) is 24.1. The van der Waals surface area contributed by atoms with E-state index in [-0.39, 0.29) is 39.3 Å². The summed E-state index contributed by atoms with van der Waals surface area (Å²) < 4.78 is 0. The Morgan fingerprint density at radius 1 is 0.600 bits per heavy atom. The van der Waals surface area contributed by atoms with Gasteiger partial charge in [0.15, 0.2) is 0 Å². The fraction of sp³-hybridized carbons (Fsp3) is 0.706. The number of hydrogen-bond donors (Lipinski definition) is 5. The second kappa shape index (κ2) is 21.1. The first-order valence-electron chi connectivity index (χ1n) is 9.06. The van der Waals surface area contributed by atoms with Gasteiger partial charge < -0.3 is 30.3 Å². The highest BCUT2D eigenvalue weighted by Gasteiger charge is 2.18. The minimum absolute atomic E-state index is 0.00150. The quantitative estimate of drug-likeness (QED) is 0.167. The minimum atomic E-state index is -1.21. The van der Waals surface area contributed by atoms with E-state index in [9.17, 15) is 24.0 Å². The van der Waals surface area contributed by atoms with Crippen LogP contribution in [0.15, 0.2) is 0 Å². The molecule has 0 saturated heterocycles. The number of aliphatic hydroxyl groups is 1. The average Bonchev–Trinajstić information content (AvgIpc) is 2.65. The molecule has 13 heteroatoms. The summed E-state index contributed by atoms with van der Waals surface area (Å²) in [6.45, 7) is 2.36. The van der Waals surface area contributed by atoms with Crippen LogP contribution in [0.1, 0.15) is 13.8 Å². The number of carbonyl (C=O) groups is 5. The van der Waals surface area contributed by atoms with Gasteiger partial charge in [0.1, 0.15) is 6.29 Å². The molecule has 0 bridgehead atoms. The summed E-state index contributed by atoms with van der Waals surface area (Å²) >= 11 is 0. The highest BCUT2D eigenvalue weighted by Crippen LogP contribution is 1.96. The van der Waals surface area contributed by atoms with E-state index in [1.165, 1.54) is 9.80 Å². The van der Waals surface area contributed by atoms with Crippen LogP contribution >= 0.6 is 0 Å². The van der Waals surface area contributed by atoms with Crippen LogP contribution < -0.4 is 0 Å². The number of carboxylic acid groups (broad SMARTS) is 4. The molecule has 0 heterocycles. The van der Waals surface area contributed by atoms with Gasteiger partial charge in [-0.3, -0.25) is 33.9 Å². The van der Waals surface area contributed by atoms with Gasteiger partial charge in [0.05, 0.1) is 32.7 Å². The summed E-state index contributed by atoms with van der Waals surface area (Å²) in [5.41, 5.74) is 0. The Balaban J connectivity index is -0.00000171. The van der Waals surface area contributed by atoms with E-state index in [2.05, 4.69) is 0 Å². The molecule has 176 valence electrons. The lowest BCUT2D eigenvalue weighted by molar-refractivity contribution is -0.143. The first-order chi connectivity index (χ1) is 14.1. The number of aldehydes is 1. The predicted octanol–water partition coefficient (Wildman–Crippen LogP) is -1.94. The Hall–Kier alpha value is -2.61. The van der Waals surface area contributed by atoms with E-state index >= 15 is 0 Å². The summed E-state index contributed by atoms with van der Waals surface area (Å²) in [5.74, 6) is -4.71. The lowest BCUT2D eigenvalue weighted by Gasteiger charge is -2.27. The van der Waals surface area contributed by atoms with E-state index in [0.29, 0.717) is 6.29 Å². The summed E-state index contributed by atoms with van der Waals surface area (Å²) in [7, 11) is 1.00. The molecular weight excluding hydrogens is 406 g/mol. The monoisotopic (exact) mass is 439 g/mol. The molecule has 0 aromatic carbocycles. The van der Waals surface area contributed by atoms with Gasteiger partial charge >= 0.3 is 23.9 Å². The molecule has 0 aromatic rings. The molecule has 0 unspecified atom stereocenters. The molecular formula is C17H33N3O10. The Morgan fingerprint density at radius 2 is 0.867 bits per heavy atom. The van der Waals surface area contributed by atoms with Crippen LogP contribution in [0.4, 0.5) is 0 Å². The first kappa shape index (κ1) is 32.1. The van der Waals surface area contributed by atoms with Crippen molar-refractivity contribution in [3.05, 3.63) is 0 Å². The highest BCUT2D eigenvalue weighted by atomic mass is 16.4. The maximum Gasteiger partial charge on any atom is 0.317 e. The van der Waals surface area contributed by atoms with Crippen molar-refractivity contribution >= 4 is 30.2 Å². The highest BCUT2D eigenvalue weighted by molar-refractivity contribution is 5.72. The number of carbonyl (C=O) groups excluding carboxylic acids is 1. The van der Waals surface area contributed by atoms with Gasteiger partial charge in [0, 0.05) is 33.3 Å². The van der Waals surface area contributed by atoms with Crippen LogP contribution in [0.25, 0.3) is 0 Å². The molecule has 0 aromatic heterocycles. The van der Waals surface area contributed by atoms with E-state index < -0.39 is 43.5 Å². The van der Waals surface area contributed by atoms with Gasteiger partial charge in [-0.25, -0.2) is 0 Å². The molecule has 0 saturated carbocycles. The van der Waals surface area contributed by atoms with E-state index in [1.54, 1.807) is 0 Å². The van der Waals surface area contributed by atoms with Crippen LogP contribution in [-0.2, 0) is 24.0 Å². The molecule has 0 atom stereocenters.